The SMILES string of the molecule is CN(C)S(=O)(=O)NCCc1c[nH]c2cc(-c3ccncc3)ccc12.Cl. The van der Waals surface area contributed by atoms with E-state index in [-0.39, 0.29) is 12.4 Å². The van der Waals surface area contributed by atoms with E-state index in [1.54, 1.807) is 12.4 Å². The zero-order chi connectivity index (χ0) is 17.2. The van der Waals surface area contributed by atoms with Crippen molar-refractivity contribution < 1.29 is 8.42 Å². The van der Waals surface area contributed by atoms with Crippen LogP contribution in [-0.4, -0.2) is 43.3 Å². The Morgan fingerprint density at radius 1 is 1.12 bits per heavy atom. The molecule has 25 heavy (non-hydrogen) atoms. The Bertz CT molecular complexity index is 940. The van der Waals surface area contributed by atoms with Crippen LogP contribution in [-0.2, 0) is 16.6 Å². The van der Waals surface area contributed by atoms with Crippen molar-refractivity contribution in [2.75, 3.05) is 20.6 Å². The van der Waals surface area contributed by atoms with Gasteiger partial charge in [-0.05, 0) is 41.3 Å². The highest BCUT2D eigenvalue weighted by Crippen LogP contribution is 2.25. The second-order valence-electron chi connectivity index (χ2n) is 5.74. The molecule has 0 radical (unpaired) electrons. The lowest BCUT2D eigenvalue weighted by Crippen LogP contribution is -2.36. The summed E-state index contributed by atoms with van der Waals surface area (Å²) in [7, 11) is -0.363. The van der Waals surface area contributed by atoms with Gasteiger partial charge in [0.15, 0.2) is 0 Å². The second kappa shape index (κ2) is 7.97. The quantitative estimate of drug-likeness (QED) is 0.690. The number of rotatable bonds is 6. The van der Waals surface area contributed by atoms with E-state index in [0.717, 1.165) is 27.6 Å². The van der Waals surface area contributed by atoms with Gasteiger partial charge in [-0.1, -0.05) is 12.1 Å². The van der Waals surface area contributed by atoms with Gasteiger partial charge in [-0.2, -0.15) is 12.7 Å². The first kappa shape index (κ1) is 19.4. The highest BCUT2D eigenvalue weighted by atomic mass is 35.5. The normalized spacial score (nSPS) is 11.6. The largest absolute Gasteiger partial charge is 0.361 e. The van der Waals surface area contributed by atoms with Gasteiger partial charge in [-0.15, -0.1) is 12.4 Å². The van der Waals surface area contributed by atoms with Gasteiger partial charge in [0.25, 0.3) is 10.2 Å². The number of aromatic amines is 1. The van der Waals surface area contributed by atoms with E-state index in [2.05, 4.69) is 32.9 Å². The molecule has 0 amide bonds. The summed E-state index contributed by atoms with van der Waals surface area (Å²) in [5.41, 5.74) is 4.36. The van der Waals surface area contributed by atoms with Crippen LogP contribution in [0.5, 0.6) is 0 Å². The van der Waals surface area contributed by atoms with E-state index in [9.17, 15) is 8.42 Å². The molecule has 0 aliphatic rings. The number of nitrogens with one attached hydrogen (secondary N) is 2. The van der Waals surface area contributed by atoms with Crippen molar-refractivity contribution in [2.24, 2.45) is 0 Å². The van der Waals surface area contributed by atoms with Crippen LogP contribution in [0.3, 0.4) is 0 Å². The molecule has 0 bridgehead atoms. The first-order valence-electron chi connectivity index (χ1n) is 7.65. The molecule has 3 aromatic rings. The summed E-state index contributed by atoms with van der Waals surface area (Å²) < 4.78 is 27.2. The van der Waals surface area contributed by atoms with E-state index < -0.39 is 10.2 Å². The minimum Gasteiger partial charge on any atom is -0.361 e. The molecule has 0 aliphatic heterocycles. The minimum atomic E-state index is -3.38. The van der Waals surface area contributed by atoms with E-state index in [4.69, 9.17) is 0 Å². The summed E-state index contributed by atoms with van der Waals surface area (Å²) in [6.07, 6.45) is 6.11. The Labute approximate surface area is 153 Å². The summed E-state index contributed by atoms with van der Waals surface area (Å²) >= 11 is 0. The summed E-state index contributed by atoms with van der Waals surface area (Å²) in [4.78, 5) is 7.30. The Morgan fingerprint density at radius 2 is 1.84 bits per heavy atom. The number of halogens is 1. The van der Waals surface area contributed by atoms with Crippen molar-refractivity contribution in [3.05, 3.63) is 54.5 Å². The lowest BCUT2D eigenvalue weighted by Gasteiger charge is -2.11. The van der Waals surface area contributed by atoms with Crippen molar-refractivity contribution in [3.63, 3.8) is 0 Å². The Morgan fingerprint density at radius 3 is 2.52 bits per heavy atom. The Balaban J connectivity index is 0.00000225. The third kappa shape index (κ3) is 4.38. The monoisotopic (exact) mass is 380 g/mol. The predicted octanol–water partition coefficient (Wildman–Crippen LogP) is 2.59. The first-order valence-corrected chi connectivity index (χ1v) is 9.09. The molecule has 6 nitrogen and oxygen atoms in total. The summed E-state index contributed by atoms with van der Waals surface area (Å²) in [5, 5.41) is 1.11. The molecule has 2 aromatic heterocycles. The maximum absolute atomic E-state index is 11.7. The molecule has 0 aliphatic carbocycles. The molecular weight excluding hydrogens is 360 g/mol. The Hall–Kier alpha value is -1.93. The summed E-state index contributed by atoms with van der Waals surface area (Å²) in [6.45, 7) is 0.361. The molecule has 0 spiro atoms. The topological polar surface area (TPSA) is 78.1 Å². The fourth-order valence-corrected chi connectivity index (χ4v) is 3.18. The number of pyridine rings is 1. The lowest BCUT2D eigenvalue weighted by molar-refractivity contribution is 0.506. The number of aromatic nitrogens is 2. The number of fused-ring (bicyclic) bond motifs is 1. The number of hydrogen-bond donors (Lipinski definition) is 2. The van der Waals surface area contributed by atoms with Gasteiger partial charge in [-0.3, -0.25) is 4.98 Å². The van der Waals surface area contributed by atoms with Crippen molar-refractivity contribution in [1.82, 2.24) is 19.0 Å². The van der Waals surface area contributed by atoms with Crippen LogP contribution in [0.25, 0.3) is 22.0 Å². The number of hydrogen-bond acceptors (Lipinski definition) is 3. The third-order valence-corrected chi connectivity index (χ3v) is 5.47. The second-order valence-corrected chi connectivity index (χ2v) is 7.71. The third-order valence-electron chi connectivity index (χ3n) is 3.94. The molecule has 0 fully saturated rings. The molecule has 1 aromatic carbocycles. The van der Waals surface area contributed by atoms with Gasteiger partial charge in [-0.25, -0.2) is 4.72 Å². The number of H-pyrrole nitrogens is 1. The van der Waals surface area contributed by atoms with Crippen LogP contribution in [0.4, 0.5) is 0 Å². The molecule has 0 atom stereocenters. The maximum Gasteiger partial charge on any atom is 0.278 e. The molecule has 134 valence electrons. The average molecular weight is 381 g/mol. The van der Waals surface area contributed by atoms with Gasteiger partial charge in [0.1, 0.15) is 0 Å². The average Bonchev–Trinajstić information content (AvgIpc) is 2.98. The minimum absolute atomic E-state index is 0. The van der Waals surface area contributed by atoms with Crippen LogP contribution in [0.15, 0.2) is 48.9 Å². The van der Waals surface area contributed by atoms with E-state index in [1.807, 2.05) is 18.3 Å². The van der Waals surface area contributed by atoms with Crippen molar-refractivity contribution >= 4 is 33.5 Å². The first-order chi connectivity index (χ1) is 11.5. The molecular formula is C17H21ClN4O2S. The van der Waals surface area contributed by atoms with Crippen LogP contribution >= 0.6 is 12.4 Å². The lowest BCUT2D eigenvalue weighted by atomic mass is 10.0. The predicted molar refractivity (Wildman–Crippen MR) is 103 cm³/mol. The van der Waals surface area contributed by atoms with Gasteiger partial charge >= 0.3 is 0 Å². The fourth-order valence-electron chi connectivity index (χ4n) is 2.56. The molecule has 2 heterocycles. The van der Waals surface area contributed by atoms with Crippen LogP contribution in [0.2, 0.25) is 0 Å². The van der Waals surface area contributed by atoms with Crippen LogP contribution in [0, 0.1) is 0 Å². The van der Waals surface area contributed by atoms with E-state index >= 15 is 0 Å². The zero-order valence-corrected chi connectivity index (χ0v) is 15.7. The van der Waals surface area contributed by atoms with E-state index in [0.29, 0.717) is 13.0 Å². The molecule has 0 saturated heterocycles. The van der Waals surface area contributed by atoms with Crippen LogP contribution < -0.4 is 4.72 Å². The van der Waals surface area contributed by atoms with Gasteiger partial charge in [0, 0.05) is 50.1 Å². The summed E-state index contributed by atoms with van der Waals surface area (Å²) in [6, 6.07) is 10.2. The molecule has 2 N–H and O–H groups in total. The Kier molecular flexibility index (Phi) is 6.18. The standard InChI is InChI=1S/C17H20N4O2S.ClH/c1-21(2)24(22,23)20-10-7-15-12-19-17-11-14(3-4-16(15)17)13-5-8-18-9-6-13;/h3-6,8-9,11-12,19-20H,7,10H2,1-2H3;1H. The highest BCUT2D eigenvalue weighted by Gasteiger charge is 2.12. The molecule has 0 unspecified atom stereocenters. The molecule has 3 rings (SSSR count). The van der Waals surface area contributed by atoms with Gasteiger partial charge < -0.3 is 4.98 Å². The van der Waals surface area contributed by atoms with E-state index in [1.165, 1.54) is 18.4 Å². The zero-order valence-electron chi connectivity index (χ0n) is 14.1. The highest BCUT2D eigenvalue weighted by molar-refractivity contribution is 7.87. The maximum atomic E-state index is 11.7. The molecule has 8 heteroatoms. The van der Waals surface area contributed by atoms with Crippen LogP contribution in [0.1, 0.15) is 5.56 Å². The number of nitrogens with zero attached hydrogens (tertiary/aromatic N) is 2. The summed E-state index contributed by atoms with van der Waals surface area (Å²) in [5.74, 6) is 0. The van der Waals surface area contributed by atoms with Crippen molar-refractivity contribution in [3.8, 4) is 11.1 Å². The fraction of sp³-hybridized carbons (Fsp3) is 0.235. The van der Waals surface area contributed by atoms with Crippen molar-refractivity contribution in [1.29, 1.82) is 0 Å². The smallest absolute Gasteiger partial charge is 0.278 e. The van der Waals surface area contributed by atoms with Gasteiger partial charge in [0.2, 0.25) is 0 Å². The number of benzene rings is 1. The van der Waals surface area contributed by atoms with Gasteiger partial charge in [0.05, 0.1) is 0 Å². The molecule has 0 saturated carbocycles. The van der Waals surface area contributed by atoms with Crippen molar-refractivity contribution in [2.45, 2.75) is 6.42 Å².